The van der Waals surface area contributed by atoms with Gasteiger partial charge in [-0.1, -0.05) is 0 Å². The summed E-state index contributed by atoms with van der Waals surface area (Å²) in [5.74, 6) is 2.30. The van der Waals surface area contributed by atoms with Crippen molar-refractivity contribution in [2.75, 3.05) is 13.1 Å². The maximum atomic E-state index is 12.2. The van der Waals surface area contributed by atoms with Crippen LogP contribution < -0.4 is 10.6 Å². The quantitative estimate of drug-likeness (QED) is 0.690. The molecular formula is C17H28N2O3. The van der Waals surface area contributed by atoms with Gasteiger partial charge in [0.25, 0.3) is 0 Å². The van der Waals surface area contributed by atoms with E-state index in [4.69, 9.17) is 5.11 Å². The third-order valence-corrected chi connectivity index (χ3v) is 5.74. The fraction of sp³-hybridized carbons (Fsp3) is 0.882. The van der Waals surface area contributed by atoms with Crippen molar-refractivity contribution >= 4 is 11.8 Å². The van der Waals surface area contributed by atoms with Crippen molar-refractivity contribution in [2.45, 2.75) is 58.0 Å². The van der Waals surface area contributed by atoms with Crippen molar-refractivity contribution in [3.05, 3.63) is 0 Å². The summed E-state index contributed by atoms with van der Waals surface area (Å²) in [6.45, 7) is 1.85. The number of nitrogens with one attached hydrogen (secondary N) is 2. The van der Waals surface area contributed by atoms with Gasteiger partial charge in [-0.05, 0) is 68.6 Å². The molecule has 4 aliphatic rings. The van der Waals surface area contributed by atoms with Crippen LogP contribution in [0, 0.1) is 23.2 Å². The Hall–Kier alpha value is -1.10. The Kier molecular flexibility index (Phi) is 4.44. The van der Waals surface area contributed by atoms with Crippen molar-refractivity contribution in [1.29, 1.82) is 0 Å². The first kappa shape index (κ1) is 15.8. The van der Waals surface area contributed by atoms with Gasteiger partial charge in [0.15, 0.2) is 0 Å². The highest BCUT2D eigenvalue weighted by Gasteiger charge is 2.51. The van der Waals surface area contributed by atoms with E-state index in [1.807, 2.05) is 0 Å². The average Bonchev–Trinajstić information content (AvgIpc) is 2.40. The van der Waals surface area contributed by atoms with Crippen LogP contribution in [0.15, 0.2) is 0 Å². The smallest absolute Gasteiger partial charge is 0.239 e. The zero-order valence-corrected chi connectivity index (χ0v) is 13.4. The van der Waals surface area contributed by atoms with E-state index in [0.29, 0.717) is 6.42 Å². The highest BCUT2D eigenvalue weighted by molar-refractivity contribution is 5.84. The van der Waals surface area contributed by atoms with Gasteiger partial charge < -0.3 is 15.7 Å². The monoisotopic (exact) mass is 308 g/mol. The number of hydrogen-bond acceptors (Lipinski definition) is 3. The molecule has 4 saturated carbocycles. The van der Waals surface area contributed by atoms with Gasteiger partial charge >= 0.3 is 0 Å². The molecule has 4 fully saturated rings. The molecule has 2 amide bonds. The second-order valence-electron chi connectivity index (χ2n) is 8.02. The van der Waals surface area contributed by atoms with Crippen molar-refractivity contribution < 1.29 is 14.7 Å². The average molecular weight is 308 g/mol. The van der Waals surface area contributed by atoms with Crippen LogP contribution in [0.4, 0.5) is 0 Å². The van der Waals surface area contributed by atoms with E-state index in [1.165, 1.54) is 38.5 Å². The summed E-state index contributed by atoms with van der Waals surface area (Å²) in [5.41, 5.74) is 0.217. The molecule has 0 spiro atoms. The van der Waals surface area contributed by atoms with E-state index >= 15 is 0 Å². The Morgan fingerprint density at radius 2 is 1.59 bits per heavy atom. The highest BCUT2D eigenvalue weighted by Crippen LogP contribution is 2.61. The van der Waals surface area contributed by atoms with Gasteiger partial charge in [0, 0.05) is 13.0 Å². The number of aliphatic hydroxyl groups excluding tert-OH is 1. The molecule has 0 saturated heterocycles. The summed E-state index contributed by atoms with van der Waals surface area (Å²) in [4.78, 5) is 23.8. The summed E-state index contributed by atoms with van der Waals surface area (Å²) in [6, 6.07) is 0. The molecule has 1 unspecified atom stereocenters. The molecule has 0 heterocycles. The van der Waals surface area contributed by atoms with Crippen LogP contribution in [0.5, 0.6) is 0 Å². The molecule has 0 radical (unpaired) electrons. The van der Waals surface area contributed by atoms with E-state index in [2.05, 4.69) is 10.6 Å². The fourth-order valence-electron chi connectivity index (χ4n) is 5.41. The third kappa shape index (κ3) is 3.62. The lowest BCUT2D eigenvalue weighted by molar-refractivity contribution is -0.132. The topological polar surface area (TPSA) is 78.4 Å². The van der Waals surface area contributed by atoms with Crippen molar-refractivity contribution in [3.63, 3.8) is 0 Å². The van der Waals surface area contributed by atoms with Crippen LogP contribution in [-0.4, -0.2) is 36.1 Å². The van der Waals surface area contributed by atoms with Gasteiger partial charge in [0.05, 0.1) is 12.6 Å². The van der Waals surface area contributed by atoms with E-state index in [1.54, 1.807) is 6.92 Å². The molecule has 5 heteroatoms. The van der Waals surface area contributed by atoms with E-state index in [0.717, 1.165) is 17.8 Å². The van der Waals surface area contributed by atoms with Gasteiger partial charge in [0.1, 0.15) is 0 Å². The Morgan fingerprint density at radius 3 is 2.09 bits per heavy atom. The van der Waals surface area contributed by atoms with Gasteiger partial charge in [-0.15, -0.1) is 0 Å². The minimum Gasteiger partial charge on any atom is -0.392 e. The molecule has 0 aliphatic heterocycles. The number of carbonyl (C=O) groups excluding carboxylic acids is 2. The first-order valence-electron chi connectivity index (χ1n) is 8.65. The van der Waals surface area contributed by atoms with E-state index in [9.17, 15) is 9.59 Å². The number of carbonyl (C=O) groups is 2. The molecule has 3 N–H and O–H groups in total. The molecule has 5 nitrogen and oxygen atoms in total. The number of rotatable bonds is 6. The zero-order chi connectivity index (χ0) is 15.7. The third-order valence-electron chi connectivity index (χ3n) is 5.74. The van der Waals surface area contributed by atoms with Gasteiger partial charge in [-0.3, -0.25) is 9.59 Å². The van der Waals surface area contributed by atoms with E-state index < -0.39 is 6.10 Å². The Bertz CT molecular complexity index is 412. The standard InChI is InChI=1S/C17H28N2O3/c1-11(20)9-18-16(22)10-19-15(21)8-17-5-12-2-13(6-17)4-14(3-12)7-17/h11-14,20H,2-10H2,1H3,(H,18,22)(H,19,21). The second kappa shape index (κ2) is 6.19. The minimum atomic E-state index is -0.563. The van der Waals surface area contributed by atoms with Gasteiger partial charge in [-0.2, -0.15) is 0 Å². The molecule has 22 heavy (non-hydrogen) atoms. The summed E-state index contributed by atoms with van der Waals surface area (Å²) in [6.07, 6.45) is 7.78. The van der Waals surface area contributed by atoms with Crippen LogP contribution >= 0.6 is 0 Å². The Labute approximate surface area is 132 Å². The van der Waals surface area contributed by atoms with Crippen molar-refractivity contribution in [3.8, 4) is 0 Å². The summed E-state index contributed by atoms with van der Waals surface area (Å²) in [5, 5.41) is 14.5. The number of aliphatic hydroxyl groups is 1. The zero-order valence-electron chi connectivity index (χ0n) is 13.4. The molecule has 4 bridgehead atoms. The molecule has 0 aromatic heterocycles. The first-order chi connectivity index (χ1) is 10.4. The highest BCUT2D eigenvalue weighted by atomic mass is 16.3. The molecular weight excluding hydrogens is 280 g/mol. The van der Waals surface area contributed by atoms with Crippen LogP contribution in [0.3, 0.4) is 0 Å². The number of amides is 2. The van der Waals surface area contributed by atoms with Crippen LogP contribution in [-0.2, 0) is 9.59 Å². The lowest BCUT2D eigenvalue weighted by Gasteiger charge is -2.56. The van der Waals surface area contributed by atoms with Gasteiger partial charge in [0.2, 0.25) is 11.8 Å². The Morgan fingerprint density at radius 1 is 1.05 bits per heavy atom. The predicted octanol–water partition coefficient (Wildman–Crippen LogP) is 1.21. The minimum absolute atomic E-state index is 0.00847. The predicted molar refractivity (Wildman–Crippen MR) is 82.9 cm³/mol. The number of hydrogen-bond donors (Lipinski definition) is 3. The van der Waals surface area contributed by atoms with E-state index in [-0.39, 0.29) is 30.3 Å². The maximum absolute atomic E-state index is 12.2. The molecule has 1 atom stereocenters. The van der Waals surface area contributed by atoms with Crippen LogP contribution in [0.25, 0.3) is 0 Å². The van der Waals surface area contributed by atoms with Crippen LogP contribution in [0.2, 0.25) is 0 Å². The lowest BCUT2D eigenvalue weighted by atomic mass is 9.49. The molecule has 0 aromatic rings. The second-order valence-corrected chi connectivity index (χ2v) is 8.02. The molecule has 0 aromatic carbocycles. The summed E-state index contributed by atoms with van der Waals surface area (Å²) < 4.78 is 0. The Balaban J connectivity index is 1.45. The van der Waals surface area contributed by atoms with Crippen LogP contribution in [0.1, 0.15) is 51.9 Å². The maximum Gasteiger partial charge on any atom is 0.239 e. The fourth-order valence-corrected chi connectivity index (χ4v) is 5.41. The normalized spacial score (nSPS) is 36.9. The SMILES string of the molecule is CC(O)CNC(=O)CNC(=O)CC12CC3CC(CC(C3)C1)C2. The largest absolute Gasteiger partial charge is 0.392 e. The molecule has 4 rings (SSSR count). The molecule has 4 aliphatic carbocycles. The summed E-state index contributed by atoms with van der Waals surface area (Å²) >= 11 is 0. The van der Waals surface area contributed by atoms with Gasteiger partial charge in [-0.25, -0.2) is 0 Å². The first-order valence-corrected chi connectivity index (χ1v) is 8.65. The van der Waals surface area contributed by atoms with Crippen molar-refractivity contribution in [2.24, 2.45) is 23.2 Å². The summed E-state index contributed by atoms with van der Waals surface area (Å²) in [7, 11) is 0. The lowest BCUT2D eigenvalue weighted by Crippen LogP contribution is -2.48. The van der Waals surface area contributed by atoms with Crippen molar-refractivity contribution in [1.82, 2.24) is 10.6 Å². The molecule has 124 valence electrons.